The summed E-state index contributed by atoms with van der Waals surface area (Å²) in [7, 11) is 0. The minimum Gasteiger partial charge on any atom is -0.508 e. The SMILES string of the molecule is CCN(C(CN)c1cc(Cl)ccc1O)C(C)(C)C. The van der Waals surface area contributed by atoms with Crippen molar-refractivity contribution in [2.24, 2.45) is 5.73 Å². The van der Waals surface area contributed by atoms with Crippen molar-refractivity contribution < 1.29 is 5.11 Å². The van der Waals surface area contributed by atoms with Gasteiger partial charge in [0.15, 0.2) is 0 Å². The second-order valence-corrected chi connectivity index (χ2v) is 5.85. The van der Waals surface area contributed by atoms with Gasteiger partial charge in [0.1, 0.15) is 5.75 Å². The molecule has 102 valence electrons. The van der Waals surface area contributed by atoms with Crippen LogP contribution in [-0.4, -0.2) is 28.6 Å². The van der Waals surface area contributed by atoms with Crippen molar-refractivity contribution >= 4 is 11.6 Å². The molecule has 1 atom stereocenters. The van der Waals surface area contributed by atoms with Gasteiger partial charge in [-0.15, -0.1) is 0 Å². The van der Waals surface area contributed by atoms with E-state index in [1.807, 2.05) is 0 Å². The number of hydrogen-bond acceptors (Lipinski definition) is 3. The predicted octanol–water partition coefficient (Wildman–Crippen LogP) is 3.17. The van der Waals surface area contributed by atoms with Crippen LogP contribution in [0.2, 0.25) is 5.02 Å². The van der Waals surface area contributed by atoms with Crippen LogP contribution in [0.5, 0.6) is 5.75 Å². The zero-order valence-electron chi connectivity index (χ0n) is 11.6. The molecule has 1 aromatic rings. The van der Waals surface area contributed by atoms with Crippen molar-refractivity contribution in [3.05, 3.63) is 28.8 Å². The summed E-state index contributed by atoms with van der Waals surface area (Å²) in [5.74, 6) is 0.248. The summed E-state index contributed by atoms with van der Waals surface area (Å²) in [6.07, 6.45) is 0. The molecule has 18 heavy (non-hydrogen) atoms. The van der Waals surface area contributed by atoms with Gasteiger partial charge < -0.3 is 10.8 Å². The van der Waals surface area contributed by atoms with E-state index in [2.05, 4.69) is 32.6 Å². The molecule has 0 aliphatic heterocycles. The number of phenolic OH excluding ortho intramolecular Hbond substituents is 1. The largest absolute Gasteiger partial charge is 0.508 e. The molecule has 0 heterocycles. The number of nitrogens with zero attached hydrogens (tertiary/aromatic N) is 1. The Morgan fingerprint density at radius 2 is 2.00 bits per heavy atom. The minimum atomic E-state index is -0.0336. The Labute approximate surface area is 115 Å². The Kier molecular flexibility index (Phi) is 5.02. The Morgan fingerprint density at radius 1 is 1.39 bits per heavy atom. The number of aromatic hydroxyl groups is 1. The highest BCUT2D eigenvalue weighted by Crippen LogP contribution is 2.33. The average Bonchev–Trinajstić information content (AvgIpc) is 2.27. The third-order valence-corrected chi connectivity index (χ3v) is 3.39. The maximum absolute atomic E-state index is 10.0. The fourth-order valence-electron chi connectivity index (χ4n) is 2.38. The molecule has 0 saturated carbocycles. The average molecular weight is 271 g/mol. The molecule has 0 radical (unpaired) electrons. The number of hydrogen-bond donors (Lipinski definition) is 2. The Balaban J connectivity index is 3.19. The van der Waals surface area contributed by atoms with Gasteiger partial charge >= 0.3 is 0 Å². The van der Waals surface area contributed by atoms with E-state index in [1.165, 1.54) is 0 Å². The zero-order valence-corrected chi connectivity index (χ0v) is 12.3. The van der Waals surface area contributed by atoms with Crippen LogP contribution in [-0.2, 0) is 0 Å². The molecule has 0 bridgehead atoms. The smallest absolute Gasteiger partial charge is 0.120 e. The number of nitrogens with two attached hydrogens (primary N) is 1. The summed E-state index contributed by atoms with van der Waals surface area (Å²) in [5.41, 5.74) is 6.67. The normalized spacial score (nSPS) is 13.9. The van der Waals surface area contributed by atoms with Crippen LogP contribution in [0.1, 0.15) is 39.3 Å². The highest BCUT2D eigenvalue weighted by molar-refractivity contribution is 6.30. The monoisotopic (exact) mass is 270 g/mol. The first-order valence-electron chi connectivity index (χ1n) is 6.26. The summed E-state index contributed by atoms with van der Waals surface area (Å²) in [4.78, 5) is 2.26. The van der Waals surface area contributed by atoms with Crippen LogP contribution < -0.4 is 5.73 Å². The Morgan fingerprint density at radius 3 is 2.44 bits per heavy atom. The van der Waals surface area contributed by atoms with Crippen LogP contribution in [0.25, 0.3) is 0 Å². The first-order chi connectivity index (χ1) is 8.31. The quantitative estimate of drug-likeness (QED) is 0.884. The lowest BCUT2D eigenvalue weighted by Gasteiger charge is -2.41. The molecule has 0 spiro atoms. The molecule has 3 nitrogen and oxygen atoms in total. The topological polar surface area (TPSA) is 49.5 Å². The summed E-state index contributed by atoms with van der Waals surface area (Å²) in [5, 5.41) is 10.6. The lowest BCUT2D eigenvalue weighted by molar-refractivity contribution is 0.0906. The van der Waals surface area contributed by atoms with Gasteiger partial charge in [-0.3, -0.25) is 4.90 Å². The van der Waals surface area contributed by atoms with Crippen molar-refractivity contribution in [1.82, 2.24) is 4.90 Å². The van der Waals surface area contributed by atoms with E-state index >= 15 is 0 Å². The molecule has 0 fully saturated rings. The molecular weight excluding hydrogens is 248 g/mol. The molecule has 0 aliphatic rings. The summed E-state index contributed by atoms with van der Waals surface area (Å²) < 4.78 is 0. The van der Waals surface area contributed by atoms with Crippen molar-refractivity contribution in [3.63, 3.8) is 0 Å². The van der Waals surface area contributed by atoms with Crippen molar-refractivity contribution in [2.45, 2.75) is 39.3 Å². The molecule has 1 unspecified atom stereocenters. The predicted molar refractivity (Wildman–Crippen MR) is 77.0 cm³/mol. The molecular formula is C14H23ClN2O. The van der Waals surface area contributed by atoms with Gasteiger partial charge in [-0.2, -0.15) is 0 Å². The maximum atomic E-state index is 10.0. The zero-order chi connectivity index (χ0) is 13.9. The van der Waals surface area contributed by atoms with Crippen LogP contribution >= 0.6 is 11.6 Å². The van der Waals surface area contributed by atoms with Crippen molar-refractivity contribution in [2.75, 3.05) is 13.1 Å². The van der Waals surface area contributed by atoms with Gasteiger partial charge in [0, 0.05) is 22.7 Å². The highest BCUT2D eigenvalue weighted by Gasteiger charge is 2.29. The number of phenols is 1. The second-order valence-electron chi connectivity index (χ2n) is 5.41. The fourth-order valence-corrected chi connectivity index (χ4v) is 2.56. The van der Waals surface area contributed by atoms with Crippen molar-refractivity contribution in [3.8, 4) is 5.75 Å². The van der Waals surface area contributed by atoms with Gasteiger partial charge in [-0.1, -0.05) is 18.5 Å². The van der Waals surface area contributed by atoms with Crippen LogP contribution in [0, 0.1) is 0 Å². The van der Waals surface area contributed by atoms with Gasteiger partial charge in [0.25, 0.3) is 0 Å². The number of benzene rings is 1. The van der Waals surface area contributed by atoms with E-state index in [-0.39, 0.29) is 17.3 Å². The van der Waals surface area contributed by atoms with E-state index in [0.29, 0.717) is 11.6 Å². The van der Waals surface area contributed by atoms with Crippen LogP contribution in [0.4, 0.5) is 0 Å². The van der Waals surface area contributed by atoms with Crippen molar-refractivity contribution in [1.29, 1.82) is 0 Å². The van der Waals surface area contributed by atoms with E-state index in [1.54, 1.807) is 18.2 Å². The summed E-state index contributed by atoms with van der Waals surface area (Å²) in [6, 6.07) is 5.06. The lowest BCUT2D eigenvalue weighted by Crippen LogP contribution is -2.46. The molecule has 0 aromatic heterocycles. The van der Waals surface area contributed by atoms with Gasteiger partial charge in [-0.05, 0) is 45.5 Å². The van der Waals surface area contributed by atoms with E-state index < -0.39 is 0 Å². The third kappa shape index (κ3) is 3.37. The van der Waals surface area contributed by atoms with Gasteiger partial charge in [0.05, 0.1) is 6.04 Å². The van der Waals surface area contributed by atoms with E-state index in [9.17, 15) is 5.11 Å². The fraction of sp³-hybridized carbons (Fsp3) is 0.571. The summed E-state index contributed by atoms with van der Waals surface area (Å²) in [6.45, 7) is 9.81. The van der Waals surface area contributed by atoms with Gasteiger partial charge in [0.2, 0.25) is 0 Å². The van der Waals surface area contributed by atoms with Crippen LogP contribution in [0.3, 0.4) is 0 Å². The van der Waals surface area contributed by atoms with E-state index in [4.69, 9.17) is 17.3 Å². The summed E-state index contributed by atoms with van der Waals surface area (Å²) >= 11 is 6.01. The Hall–Kier alpha value is -0.770. The molecule has 0 saturated heterocycles. The number of halogens is 1. The first kappa shape index (κ1) is 15.3. The molecule has 0 amide bonds. The molecule has 4 heteroatoms. The Bertz CT molecular complexity index is 401. The third-order valence-electron chi connectivity index (χ3n) is 3.15. The second kappa shape index (κ2) is 5.91. The molecule has 1 aromatic carbocycles. The lowest BCUT2D eigenvalue weighted by atomic mass is 9.97. The maximum Gasteiger partial charge on any atom is 0.120 e. The van der Waals surface area contributed by atoms with E-state index in [0.717, 1.165) is 12.1 Å². The van der Waals surface area contributed by atoms with Gasteiger partial charge in [-0.25, -0.2) is 0 Å². The molecule has 3 N–H and O–H groups in total. The highest BCUT2D eigenvalue weighted by atomic mass is 35.5. The first-order valence-corrected chi connectivity index (χ1v) is 6.64. The standard InChI is InChI=1S/C14H23ClN2O/c1-5-17(14(2,3)4)12(9-16)11-8-10(15)6-7-13(11)18/h6-8,12,18H,5,9,16H2,1-4H3. The number of rotatable bonds is 4. The van der Waals surface area contributed by atoms with Crippen LogP contribution in [0.15, 0.2) is 18.2 Å². The minimum absolute atomic E-state index is 0.0203. The number of likely N-dealkylation sites (N-methyl/N-ethyl adjacent to an activating group) is 1. The molecule has 0 aliphatic carbocycles. The molecule has 1 rings (SSSR count).